The summed E-state index contributed by atoms with van der Waals surface area (Å²) in [5.74, 6) is 0.786. The molecule has 1 atom stereocenters. The van der Waals surface area contributed by atoms with Crippen LogP contribution >= 0.6 is 0 Å². The van der Waals surface area contributed by atoms with Gasteiger partial charge < -0.3 is 24.2 Å². The molecule has 2 aromatic carbocycles. The molecule has 1 unspecified atom stereocenters. The molecule has 0 radical (unpaired) electrons. The van der Waals surface area contributed by atoms with Crippen LogP contribution in [0.4, 0.5) is 5.69 Å². The Balaban J connectivity index is 1.84. The summed E-state index contributed by atoms with van der Waals surface area (Å²) in [5.41, 5.74) is 1.65. The highest BCUT2D eigenvalue weighted by Crippen LogP contribution is 2.39. The second-order valence-electron chi connectivity index (χ2n) is 8.08. The average molecular weight is 453 g/mol. The van der Waals surface area contributed by atoms with Gasteiger partial charge in [0.15, 0.2) is 11.5 Å². The fraction of sp³-hybridized carbons (Fsp3) is 0.360. The van der Waals surface area contributed by atoms with Gasteiger partial charge in [-0.15, -0.1) is 0 Å². The molecule has 174 valence electrons. The van der Waals surface area contributed by atoms with E-state index < -0.39 is 11.8 Å². The summed E-state index contributed by atoms with van der Waals surface area (Å²) in [4.78, 5) is 30.6. The predicted molar refractivity (Wildman–Crippen MR) is 123 cm³/mol. The van der Waals surface area contributed by atoms with Crippen molar-refractivity contribution in [2.45, 2.75) is 12.8 Å². The van der Waals surface area contributed by atoms with Gasteiger partial charge in [0.2, 0.25) is 0 Å². The Morgan fingerprint density at radius 3 is 2.45 bits per heavy atom. The first-order valence-corrected chi connectivity index (χ1v) is 10.9. The Labute approximate surface area is 193 Å². The van der Waals surface area contributed by atoms with Crippen molar-refractivity contribution in [3.8, 4) is 17.2 Å². The van der Waals surface area contributed by atoms with Gasteiger partial charge in [-0.3, -0.25) is 9.59 Å². The number of rotatable bonds is 7. The molecule has 2 aliphatic rings. The molecule has 1 N–H and O–H groups in total. The van der Waals surface area contributed by atoms with E-state index >= 15 is 0 Å². The van der Waals surface area contributed by atoms with Crippen molar-refractivity contribution in [1.82, 2.24) is 4.90 Å². The van der Waals surface area contributed by atoms with Crippen LogP contribution < -0.4 is 19.1 Å². The number of carbonyl (C=O) groups is 2. The number of methoxy groups -OCH3 is 3. The van der Waals surface area contributed by atoms with E-state index in [9.17, 15) is 14.7 Å². The van der Waals surface area contributed by atoms with Crippen molar-refractivity contribution >= 4 is 23.1 Å². The molecule has 0 saturated carbocycles. The quantitative estimate of drug-likeness (QED) is 0.646. The standard InChI is InChI=1S/C25H28N2O6/c1-31-19-8-4-7-18(13-19)27-24(29)22(17-9-10-20(32-2)21(12-17)33-3)23(25(27)30)26-11-5-6-16(14-26)15-28/h4,7-10,12-13,16,28H,5-6,11,14-15H2,1-3H3. The highest BCUT2D eigenvalue weighted by Gasteiger charge is 2.43. The summed E-state index contributed by atoms with van der Waals surface area (Å²) in [5, 5.41) is 9.72. The molecule has 8 nitrogen and oxygen atoms in total. The molecule has 2 aromatic rings. The van der Waals surface area contributed by atoms with Crippen LogP contribution in [-0.2, 0) is 9.59 Å². The van der Waals surface area contributed by atoms with Crippen molar-refractivity contribution in [1.29, 1.82) is 0 Å². The maximum atomic E-state index is 13.7. The van der Waals surface area contributed by atoms with Gasteiger partial charge in [0.25, 0.3) is 11.8 Å². The Kier molecular flexibility index (Phi) is 6.55. The molecular weight excluding hydrogens is 424 g/mol. The number of nitrogens with zero attached hydrogens (tertiary/aromatic N) is 2. The molecule has 1 saturated heterocycles. The van der Waals surface area contributed by atoms with Gasteiger partial charge in [-0.05, 0) is 48.6 Å². The molecule has 0 aromatic heterocycles. The van der Waals surface area contributed by atoms with Gasteiger partial charge >= 0.3 is 0 Å². The van der Waals surface area contributed by atoms with E-state index in [-0.39, 0.29) is 12.5 Å². The van der Waals surface area contributed by atoms with Crippen LogP contribution in [0.15, 0.2) is 48.2 Å². The lowest BCUT2D eigenvalue weighted by Gasteiger charge is -2.34. The number of anilines is 1. The Morgan fingerprint density at radius 2 is 1.76 bits per heavy atom. The third-order valence-corrected chi connectivity index (χ3v) is 6.14. The summed E-state index contributed by atoms with van der Waals surface area (Å²) < 4.78 is 16.1. The van der Waals surface area contributed by atoms with Gasteiger partial charge in [-0.1, -0.05) is 12.1 Å². The van der Waals surface area contributed by atoms with Crippen molar-refractivity contribution < 1.29 is 28.9 Å². The lowest BCUT2D eigenvalue weighted by Crippen LogP contribution is -2.40. The van der Waals surface area contributed by atoms with Gasteiger partial charge in [0, 0.05) is 25.8 Å². The minimum atomic E-state index is -0.415. The van der Waals surface area contributed by atoms with Crippen LogP contribution in [0.5, 0.6) is 17.2 Å². The molecule has 33 heavy (non-hydrogen) atoms. The fourth-order valence-corrected chi connectivity index (χ4v) is 4.46. The number of hydrogen-bond acceptors (Lipinski definition) is 7. The minimum absolute atomic E-state index is 0.0389. The van der Waals surface area contributed by atoms with E-state index in [4.69, 9.17) is 14.2 Å². The number of carbonyl (C=O) groups excluding carboxylic acids is 2. The molecule has 8 heteroatoms. The number of imide groups is 1. The average Bonchev–Trinajstić information content (AvgIpc) is 3.13. The molecule has 2 heterocycles. The molecule has 2 amide bonds. The predicted octanol–water partition coefficient (Wildman–Crippen LogP) is 2.70. The second kappa shape index (κ2) is 9.54. The molecule has 1 fully saturated rings. The topological polar surface area (TPSA) is 88.5 Å². The monoisotopic (exact) mass is 452 g/mol. The highest BCUT2D eigenvalue weighted by molar-refractivity contribution is 6.45. The van der Waals surface area contributed by atoms with E-state index in [2.05, 4.69) is 0 Å². The maximum absolute atomic E-state index is 13.7. The van der Waals surface area contributed by atoms with Crippen molar-refractivity contribution in [2.24, 2.45) is 5.92 Å². The molecule has 4 rings (SSSR count). The van der Waals surface area contributed by atoms with Crippen molar-refractivity contribution in [3.05, 3.63) is 53.7 Å². The number of likely N-dealkylation sites (tertiary alicyclic amines) is 1. The Hall–Kier alpha value is -3.52. The highest BCUT2D eigenvalue weighted by atomic mass is 16.5. The van der Waals surface area contributed by atoms with Crippen molar-refractivity contribution in [3.63, 3.8) is 0 Å². The van der Waals surface area contributed by atoms with Crippen LogP contribution in [0.1, 0.15) is 18.4 Å². The van der Waals surface area contributed by atoms with E-state index in [0.29, 0.717) is 52.9 Å². The maximum Gasteiger partial charge on any atom is 0.282 e. The summed E-state index contributed by atoms with van der Waals surface area (Å²) in [6, 6.07) is 12.1. The number of ether oxygens (including phenoxy) is 3. The Bertz CT molecular complexity index is 1100. The van der Waals surface area contributed by atoms with Gasteiger partial charge in [0.05, 0.1) is 32.6 Å². The smallest absolute Gasteiger partial charge is 0.282 e. The molecule has 0 bridgehead atoms. The number of piperidine rings is 1. The third kappa shape index (κ3) is 4.14. The summed E-state index contributed by atoms with van der Waals surface area (Å²) in [6.07, 6.45) is 1.71. The Morgan fingerprint density at radius 1 is 0.970 bits per heavy atom. The molecule has 0 spiro atoms. The van der Waals surface area contributed by atoms with E-state index in [1.807, 2.05) is 4.90 Å². The summed E-state index contributed by atoms with van der Waals surface area (Å²) in [7, 11) is 4.60. The fourth-order valence-electron chi connectivity index (χ4n) is 4.46. The van der Waals surface area contributed by atoms with Crippen LogP contribution in [0, 0.1) is 5.92 Å². The van der Waals surface area contributed by atoms with Crippen LogP contribution in [0.3, 0.4) is 0 Å². The van der Waals surface area contributed by atoms with Crippen LogP contribution in [0.25, 0.3) is 5.57 Å². The largest absolute Gasteiger partial charge is 0.497 e. The number of benzene rings is 2. The first-order valence-electron chi connectivity index (χ1n) is 10.9. The number of hydrogen-bond donors (Lipinski definition) is 1. The first kappa shape index (κ1) is 22.7. The van der Waals surface area contributed by atoms with E-state index in [1.165, 1.54) is 19.1 Å². The lowest BCUT2D eigenvalue weighted by molar-refractivity contribution is -0.120. The molecular formula is C25H28N2O6. The molecule has 0 aliphatic carbocycles. The first-order chi connectivity index (χ1) is 16.0. The van der Waals surface area contributed by atoms with Gasteiger partial charge in [-0.2, -0.15) is 0 Å². The summed E-state index contributed by atoms with van der Waals surface area (Å²) >= 11 is 0. The zero-order chi connectivity index (χ0) is 23.5. The van der Waals surface area contributed by atoms with Gasteiger partial charge in [0.1, 0.15) is 11.4 Å². The zero-order valence-corrected chi connectivity index (χ0v) is 19.0. The van der Waals surface area contributed by atoms with Crippen molar-refractivity contribution in [2.75, 3.05) is 45.9 Å². The third-order valence-electron chi connectivity index (χ3n) is 6.14. The number of aliphatic hydroxyl groups excluding tert-OH is 1. The second-order valence-corrected chi connectivity index (χ2v) is 8.08. The van der Waals surface area contributed by atoms with Crippen LogP contribution in [-0.4, -0.2) is 62.8 Å². The van der Waals surface area contributed by atoms with E-state index in [0.717, 1.165) is 12.8 Å². The molecule has 2 aliphatic heterocycles. The number of amides is 2. The normalized spacial score (nSPS) is 18.7. The summed E-state index contributed by atoms with van der Waals surface area (Å²) in [6.45, 7) is 1.18. The minimum Gasteiger partial charge on any atom is -0.497 e. The lowest BCUT2D eigenvalue weighted by atomic mass is 9.96. The number of aliphatic hydroxyl groups is 1. The SMILES string of the molecule is COc1cccc(N2C(=O)C(c3ccc(OC)c(OC)c3)=C(N3CCCC(CO)C3)C2=O)c1. The van der Waals surface area contributed by atoms with Crippen LogP contribution in [0.2, 0.25) is 0 Å². The zero-order valence-electron chi connectivity index (χ0n) is 19.0. The van der Waals surface area contributed by atoms with Gasteiger partial charge in [-0.25, -0.2) is 4.90 Å². The van der Waals surface area contributed by atoms with E-state index in [1.54, 1.807) is 49.6 Å².